The van der Waals surface area contributed by atoms with Crippen molar-refractivity contribution in [2.24, 2.45) is 4.99 Å². The van der Waals surface area contributed by atoms with Gasteiger partial charge in [0.2, 0.25) is 5.89 Å². The molecule has 0 amide bonds. The summed E-state index contributed by atoms with van der Waals surface area (Å²) in [6, 6.07) is 0. The molecule has 26 heavy (non-hydrogen) atoms. The van der Waals surface area contributed by atoms with E-state index >= 15 is 0 Å². The van der Waals surface area contributed by atoms with E-state index in [1.54, 1.807) is 0 Å². The Morgan fingerprint density at radius 3 is 2.96 bits per heavy atom. The van der Waals surface area contributed by atoms with Crippen LogP contribution in [0.1, 0.15) is 57.7 Å². The minimum atomic E-state index is 0.279. The van der Waals surface area contributed by atoms with Gasteiger partial charge < -0.3 is 24.6 Å². The van der Waals surface area contributed by atoms with E-state index in [4.69, 9.17) is 14.0 Å². The Kier molecular flexibility index (Phi) is 9.41. The van der Waals surface area contributed by atoms with Crippen molar-refractivity contribution >= 4 is 5.96 Å². The van der Waals surface area contributed by atoms with Gasteiger partial charge in [-0.1, -0.05) is 19.0 Å². The van der Waals surface area contributed by atoms with E-state index in [9.17, 15) is 0 Å². The number of nitrogens with zero attached hydrogens (tertiary/aromatic N) is 3. The van der Waals surface area contributed by atoms with Crippen LogP contribution in [-0.2, 0) is 15.9 Å². The molecular weight excluding hydrogens is 334 g/mol. The number of nitrogens with one attached hydrogen (secondary N) is 2. The molecule has 1 aliphatic rings. The van der Waals surface area contributed by atoms with Crippen molar-refractivity contribution in [2.75, 3.05) is 39.5 Å². The zero-order chi connectivity index (χ0) is 18.6. The van der Waals surface area contributed by atoms with Crippen molar-refractivity contribution in [3.63, 3.8) is 0 Å². The second kappa shape index (κ2) is 11.9. The van der Waals surface area contributed by atoms with Crippen LogP contribution >= 0.6 is 0 Å². The van der Waals surface area contributed by atoms with Gasteiger partial charge in [0.15, 0.2) is 11.8 Å². The summed E-state index contributed by atoms with van der Waals surface area (Å²) in [5.41, 5.74) is 0. The van der Waals surface area contributed by atoms with E-state index in [2.05, 4.69) is 32.7 Å². The first kappa shape index (κ1) is 20.6. The third-order valence-corrected chi connectivity index (χ3v) is 4.02. The zero-order valence-electron chi connectivity index (χ0n) is 16.3. The topological polar surface area (TPSA) is 93.8 Å². The molecule has 0 aromatic carbocycles. The lowest BCUT2D eigenvalue weighted by atomic mass is 10.2. The highest BCUT2D eigenvalue weighted by molar-refractivity contribution is 5.79. The van der Waals surface area contributed by atoms with Gasteiger partial charge in [-0.05, 0) is 26.2 Å². The molecule has 1 atom stereocenters. The highest BCUT2D eigenvalue weighted by Gasteiger charge is 2.14. The summed E-state index contributed by atoms with van der Waals surface area (Å²) < 4.78 is 16.4. The normalized spacial score (nSPS) is 17.8. The van der Waals surface area contributed by atoms with E-state index < -0.39 is 0 Å². The van der Waals surface area contributed by atoms with Crippen LogP contribution in [0.5, 0.6) is 0 Å². The number of aromatic nitrogens is 2. The summed E-state index contributed by atoms with van der Waals surface area (Å²) in [6.07, 6.45) is 4.13. The van der Waals surface area contributed by atoms with E-state index in [1.165, 1.54) is 0 Å². The molecule has 1 aromatic heterocycles. The quantitative estimate of drug-likeness (QED) is 0.350. The van der Waals surface area contributed by atoms with Crippen molar-refractivity contribution in [2.45, 2.75) is 58.5 Å². The smallest absolute Gasteiger partial charge is 0.228 e. The molecule has 148 valence electrons. The average Bonchev–Trinajstić information content (AvgIpc) is 3.29. The molecule has 1 fully saturated rings. The number of aliphatic imine (C=N–C) groups is 1. The van der Waals surface area contributed by atoms with Crippen molar-refractivity contribution in [3.8, 4) is 0 Å². The molecule has 8 heteroatoms. The van der Waals surface area contributed by atoms with E-state index in [-0.39, 0.29) is 5.92 Å². The molecule has 1 aliphatic heterocycles. The SMILES string of the molecule is CCNC(=NCCCOCC1CCCO1)NCCc1nc(C(C)C)no1. The summed E-state index contributed by atoms with van der Waals surface area (Å²) in [6.45, 7) is 10.7. The maximum atomic E-state index is 5.66. The maximum absolute atomic E-state index is 5.66. The number of hydrogen-bond donors (Lipinski definition) is 2. The van der Waals surface area contributed by atoms with Gasteiger partial charge in [-0.3, -0.25) is 4.99 Å². The monoisotopic (exact) mass is 367 g/mol. The highest BCUT2D eigenvalue weighted by atomic mass is 16.5. The molecule has 0 bridgehead atoms. The molecule has 1 aromatic rings. The minimum Gasteiger partial charge on any atom is -0.379 e. The largest absolute Gasteiger partial charge is 0.379 e. The van der Waals surface area contributed by atoms with Crippen molar-refractivity contribution in [1.82, 2.24) is 20.8 Å². The van der Waals surface area contributed by atoms with Gasteiger partial charge in [0.25, 0.3) is 0 Å². The van der Waals surface area contributed by atoms with Gasteiger partial charge >= 0.3 is 0 Å². The van der Waals surface area contributed by atoms with E-state index in [1.807, 2.05) is 13.8 Å². The number of ether oxygens (including phenoxy) is 2. The van der Waals surface area contributed by atoms with E-state index in [0.29, 0.717) is 38.2 Å². The molecule has 2 heterocycles. The predicted molar refractivity (Wildman–Crippen MR) is 100 cm³/mol. The van der Waals surface area contributed by atoms with Crippen molar-refractivity contribution < 1.29 is 14.0 Å². The predicted octanol–water partition coefficient (Wildman–Crippen LogP) is 1.88. The molecule has 1 unspecified atom stereocenters. The molecule has 8 nitrogen and oxygen atoms in total. The highest BCUT2D eigenvalue weighted by Crippen LogP contribution is 2.12. The average molecular weight is 367 g/mol. The van der Waals surface area contributed by atoms with Crippen LogP contribution in [0.3, 0.4) is 0 Å². The van der Waals surface area contributed by atoms with Gasteiger partial charge in [-0.15, -0.1) is 0 Å². The fraction of sp³-hybridized carbons (Fsp3) is 0.833. The van der Waals surface area contributed by atoms with Gasteiger partial charge in [0.05, 0.1) is 12.7 Å². The van der Waals surface area contributed by atoms with Crippen molar-refractivity contribution in [3.05, 3.63) is 11.7 Å². The first-order chi connectivity index (χ1) is 12.7. The number of rotatable bonds is 11. The molecule has 0 saturated carbocycles. The third kappa shape index (κ3) is 7.70. The molecular formula is C18H33N5O3. The number of guanidine groups is 1. The second-order valence-corrected chi connectivity index (χ2v) is 6.70. The molecule has 0 spiro atoms. The summed E-state index contributed by atoms with van der Waals surface area (Å²) in [5, 5.41) is 10.5. The van der Waals surface area contributed by atoms with Crippen LogP contribution in [-0.4, -0.2) is 61.7 Å². The lowest BCUT2D eigenvalue weighted by molar-refractivity contribution is 0.0171. The molecule has 0 aliphatic carbocycles. The second-order valence-electron chi connectivity index (χ2n) is 6.70. The van der Waals surface area contributed by atoms with Crippen molar-refractivity contribution in [1.29, 1.82) is 0 Å². The van der Waals surface area contributed by atoms with Crippen LogP contribution in [0.15, 0.2) is 9.52 Å². The Labute approximate surface area is 156 Å². The fourth-order valence-corrected chi connectivity index (χ4v) is 2.58. The van der Waals surface area contributed by atoms with Crippen LogP contribution in [0, 0.1) is 0 Å². The van der Waals surface area contributed by atoms with Gasteiger partial charge in [-0.25, -0.2) is 0 Å². The summed E-state index contributed by atoms with van der Waals surface area (Å²) in [4.78, 5) is 8.94. The number of hydrogen-bond acceptors (Lipinski definition) is 6. The first-order valence-electron chi connectivity index (χ1n) is 9.73. The Bertz CT molecular complexity index is 527. The van der Waals surface area contributed by atoms with Crippen LogP contribution in [0.4, 0.5) is 0 Å². The van der Waals surface area contributed by atoms with Crippen LogP contribution in [0.2, 0.25) is 0 Å². The Morgan fingerprint density at radius 1 is 1.38 bits per heavy atom. The maximum Gasteiger partial charge on any atom is 0.228 e. The van der Waals surface area contributed by atoms with Crippen LogP contribution in [0.25, 0.3) is 0 Å². The third-order valence-electron chi connectivity index (χ3n) is 4.02. The fourth-order valence-electron chi connectivity index (χ4n) is 2.58. The lowest BCUT2D eigenvalue weighted by Gasteiger charge is -2.11. The van der Waals surface area contributed by atoms with Gasteiger partial charge in [0, 0.05) is 45.2 Å². The van der Waals surface area contributed by atoms with E-state index in [0.717, 1.165) is 50.7 Å². The lowest BCUT2D eigenvalue weighted by Crippen LogP contribution is -2.38. The Balaban J connectivity index is 1.60. The Hall–Kier alpha value is -1.67. The van der Waals surface area contributed by atoms with Crippen LogP contribution < -0.4 is 10.6 Å². The zero-order valence-corrected chi connectivity index (χ0v) is 16.3. The summed E-state index contributed by atoms with van der Waals surface area (Å²) in [7, 11) is 0. The first-order valence-corrected chi connectivity index (χ1v) is 9.73. The Morgan fingerprint density at radius 2 is 2.27 bits per heavy atom. The van der Waals surface area contributed by atoms with Gasteiger partial charge in [-0.2, -0.15) is 4.98 Å². The minimum absolute atomic E-state index is 0.279. The summed E-state index contributed by atoms with van der Waals surface area (Å²) >= 11 is 0. The standard InChI is InChI=1S/C18H33N5O3/c1-4-19-18(20-9-6-11-24-13-15-7-5-12-25-15)21-10-8-16-22-17(14(2)3)23-26-16/h14-15H,4-13H2,1-3H3,(H2,19,20,21). The molecule has 1 saturated heterocycles. The summed E-state index contributed by atoms with van der Waals surface area (Å²) in [5.74, 6) is 2.49. The molecule has 0 radical (unpaired) electrons. The molecule has 2 N–H and O–H groups in total. The van der Waals surface area contributed by atoms with Gasteiger partial charge in [0.1, 0.15) is 0 Å². The molecule has 2 rings (SSSR count).